The van der Waals surface area contributed by atoms with Crippen LogP contribution in [0.4, 0.5) is 17.5 Å². The molecule has 0 unspecified atom stereocenters. The van der Waals surface area contributed by atoms with Crippen LogP contribution < -0.4 is 33.8 Å². The Balaban J connectivity index is 0.000000399. The Morgan fingerprint density at radius 1 is 0.920 bits per heavy atom. The molecule has 3 aromatic rings. The molecule has 0 saturated heterocycles. The molecule has 0 aliphatic heterocycles. The molecule has 0 fully saturated rings. The number of nitrogens with zero attached hydrogens (tertiary/aromatic N) is 2. The van der Waals surface area contributed by atoms with Gasteiger partial charge in [-0.1, -0.05) is 30.3 Å². The van der Waals surface area contributed by atoms with Crippen LogP contribution in [0.1, 0.15) is 0 Å². The molecular weight excluding hydrogens is 348 g/mol. The third kappa shape index (κ3) is 6.14. The molecule has 0 saturated carbocycles. The molecule has 1 heterocycles. The van der Waals surface area contributed by atoms with Gasteiger partial charge in [0.1, 0.15) is 5.52 Å². The Bertz CT molecular complexity index is 819. The second-order valence-corrected chi connectivity index (χ2v) is 5.97. The number of aromatic amines is 1. The van der Waals surface area contributed by atoms with Crippen LogP contribution in [0.2, 0.25) is 0 Å². The first-order valence-electron chi connectivity index (χ1n) is 7.17. The lowest BCUT2D eigenvalue weighted by molar-refractivity contribution is -2.00. The van der Waals surface area contributed by atoms with Crippen molar-refractivity contribution >= 4 is 28.4 Å². The van der Waals surface area contributed by atoms with Gasteiger partial charge in [0.05, 0.1) is 11.1 Å². The van der Waals surface area contributed by atoms with Crippen molar-refractivity contribution in [3.05, 3.63) is 54.6 Å². The minimum atomic E-state index is -4.94. The highest BCUT2D eigenvalue weighted by Crippen LogP contribution is 2.21. The number of rotatable bonds is 3. The number of anilines is 3. The van der Waals surface area contributed by atoms with Crippen LogP contribution in [0.5, 0.6) is 0 Å². The molecule has 132 valence electrons. The molecule has 25 heavy (non-hydrogen) atoms. The molecule has 2 N–H and O–H groups in total. The Morgan fingerprint density at radius 2 is 1.48 bits per heavy atom. The molecule has 3 rings (SSSR count). The highest BCUT2D eigenvalue weighted by molar-refractivity contribution is 5.88. The van der Waals surface area contributed by atoms with Gasteiger partial charge in [0.2, 0.25) is 5.82 Å². The quantitative estimate of drug-likeness (QED) is 0.573. The third-order valence-electron chi connectivity index (χ3n) is 3.11. The van der Waals surface area contributed by atoms with Crippen LogP contribution in [0.25, 0.3) is 10.9 Å². The van der Waals surface area contributed by atoms with Gasteiger partial charge in [0.25, 0.3) is 0 Å². The molecule has 0 atom stereocenters. The van der Waals surface area contributed by atoms with Gasteiger partial charge in [-0.05, 0) is 24.3 Å². The molecular formula is C16H17ClN4O4. The maximum absolute atomic E-state index is 8.49. The number of halogens is 1. The predicted molar refractivity (Wildman–Crippen MR) is 82.4 cm³/mol. The second-order valence-electron chi connectivity index (χ2n) is 5.21. The predicted octanol–water partition coefficient (Wildman–Crippen LogP) is -1.90. The van der Waals surface area contributed by atoms with E-state index >= 15 is 0 Å². The van der Waals surface area contributed by atoms with E-state index in [0.717, 1.165) is 28.4 Å². The van der Waals surface area contributed by atoms with Gasteiger partial charge in [-0.3, -0.25) is 5.32 Å². The Hall–Kier alpha value is -2.49. The van der Waals surface area contributed by atoms with E-state index in [4.69, 9.17) is 18.6 Å². The summed E-state index contributed by atoms with van der Waals surface area (Å²) in [6, 6.07) is 18.1. The van der Waals surface area contributed by atoms with Gasteiger partial charge in [-0.2, -0.15) is 0 Å². The number of benzene rings is 2. The summed E-state index contributed by atoms with van der Waals surface area (Å²) >= 11 is 0. The van der Waals surface area contributed by atoms with E-state index in [1.165, 1.54) is 0 Å². The highest BCUT2D eigenvalue weighted by Gasteiger charge is 2.14. The summed E-state index contributed by atoms with van der Waals surface area (Å²) in [5, 5.41) is 4.41. The molecule has 2 aromatic carbocycles. The van der Waals surface area contributed by atoms with E-state index in [2.05, 4.69) is 26.3 Å². The largest absolute Gasteiger partial charge is 0.350 e. The van der Waals surface area contributed by atoms with Crippen molar-refractivity contribution in [1.82, 2.24) is 4.98 Å². The lowest BCUT2D eigenvalue weighted by Gasteiger charge is -2.17. The smallest absolute Gasteiger partial charge is 0.313 e. The summed E-state index contributed by atoms with van der Waals surface area (Å²) in [6.45, 7) is 0. The average Bonchev–Trinajstić information content (AvgIpc) is 2.53. The second kappa shape index (κ2) is 8.06. The molecule has 0 amide bonds. The Morgan fingerprint density at radius 3 is 2.08 bits per heavy atom. The zero-order valence-corrected chi connectivity index (χ0v) is 14.4. The fourth-order valence-electron chi connectivity index (χ4n) is 2.17. The van der Waals surface area contributed by atoms with Crippen molar-refractivity contribution in [2.24, 2.45) is 0 Å². The van der Waals surface area contributed by atoms with Crippen LogP contribution in [0.3, 0.4) is 0 Å². The number of fused-ring (bicyclic) bond motifs is 1. The number of nitrogens with one attached hydrogen (secondary N) is 2. The lowest BCUT2D eigenvalue weighted by atomic mass is 10.2. The van der Waals surface area contributed by atoms with E-state index in [0.29, 0.717) is 0 Å². The van der Waals surface area contributed by atoms with Crippen molar-refractivity contribution in [3.63, 3.8) is 0 Å². The molecule has 8 nitrogen and oxygen atoms in total. The van der Waals surface area contributed by atoms with E-state index in [-0.39, 0.29) is 0 Å². The van der Waals surface area contributed by atoms with Crippen molar-refractivity contribution in [1.29, 1.82) is 0 Å². The SMILES string of the molecule is CN(C)c1[nH+]c(Nc2ccccc2)nc2ccccc12.[O-][Cl+3]([O-])([O-])[O-]. The van der Waals surface area contributed by atoms with Gasteiger partial charge in [-0.15, -0.1) is 15.2 Å². The summed E-state index contributed by atoms with van der Waals surface area (Å²) < 4.78 is 34.0. The Labute approximate surface area is 146 Å². The number of hydrogen-bond donors (Lipinski definition) is 1. The van der Waals surface area contributed by atoms with E-state index in [1.807, 2.05) is 62.6 Å². The van der Waals surface area contributed by atoms with Crippen molar-refractivity contribution in [2.75, 3.05) is 24.3 Å². The number of hydrogen-bond acceptors (Lipinski definition) is 7. The third-order valence-corrected chi connectivity index (χ3v) is 3.11. The topological polar surface area (TPSA) is 135 Å². The Kier molecular flexibility index (Phi) is 6.07. The minimum absolute atomic E-state index is 0.735. The monoisotopic (exact) mass is 364 g/mol. The van der Waals surface area contributed by atoms with E-state index < -0.39 is 10.2 Å². The molecule has 9 heteroatoms. The molecule has 0 aliphatic rings. The standard InChI is InChI=1S/C16H16N4.ClHO4/c1-20(2)15-13-10-6-7-11-14(13)18-16(19-15)17-12-8-4-3-5-9-12;2-1(3,4)5/h3-11H,1-2H3,(H,17,18,19);(H,2,3,4,5). The first kappa shape index (κ1) is 18.8. The van der Waals surface area contributed by atoms with Gasteiger partial charge in [0, 0.05) is 14.1 Å². The minimum Gasteiger partial charge on any atom is -0.313 e. The summed E-state index contributed by atoms with van der Waals surface area (Å²) in [4.78, 5) is 10.0. The van der Waals surface area contributed by atoms with Crippen molar-refractivity contribution in [3.8, 4) is 0 Å². The zero-order valence-electron chi connectivity index (χ0n) is 13.6. The first-order chi connectivity index (χ1) is 11.7. The van der Waals surface area contributed by atoms with Crippen molar-refractivity contribution in [2.45, 2.75) is 0 Å². The molecule has 0 aliphatic carbocycles. The van der Waals surface area contributed by atoms with Crippen LogP contribution in [0, 0.1) is 10.2 Å². The highest BCUT2D eigenvalue weighted by atomic mass is 35.7. The number of aromatic nitrogens is 2. The lowest BCUT2D eigenvalue weighted by Crippen LogP contribution is -2.68. The van der Waals surface area contributed by atoms with Gasteiger partial charge < -0.3 is 4.90 Å². The summed E-state index contributed by atoms with van der Waals surface area (Å²) in [7, 11) is -0.908. The van der Waals surface area contributed by atoms with E-state index in [9.17, 15) is 0 Å². The number of H-pyrrole nitrogens is 1. The first-order valence-corrected chi connectivity index (χ1v) is 8.40. The van der Waals surface area contributed by atoms with Crippen LogP contribution in [-0.2, 0) is 0 Å². The van der Waals surface area contributed by atoms with Gasteiger partial charge in [-0.25, -0.2) is 23.6 Å². The fourth-order valence-corrected chi connectivity index (χ4v) is 2.17. The van der Waals surface area contributed by atoms with Crippen molar-refractivity contribution < 1.29 is 33.9 Å². The van der Waals surface area contributed by atoms with Crippen LogP contribution in [-0.4, -0.2) is 19.1 Å². The molecule has 1 aromatic heterocycles. The summed E-state index contributed by atoms with van der Waals surface area (Å²) in [5.74, 6) is 1.77. The van der Waals surface area contributed by atoms with Gasteiger partial charge in [0.15, 0.2) is 0 Å². The van der Waals surface area contributed by atoms with Gasteiger partial charge >= 0.3 is 5.95 Å². The zero-order chi connectivity index (χ0) is 18.4. The average molecular weight is 365 g/mol. The van der Waals surface area contributed by atoms with E-state index in [1.54, 1.807) is 0 Å². The normalized spacial score (nSPS) is 10.8. The number of para-hydroxylation sites is 2. The fraction of sp³-hybridized carbons (Fsp3) is 0.125. The molecule has 0 spiro atoms. The van der Waals surface area contributed by atoms with Crippen LogP contribution in [0.15, 0.2) is 54.6 Å². The maximum Gasteiger partial charge on any atom is 0.350 e. The summed E-state index contributed by atoms with van der Waals surface area (Å²) in [5.41, 5.74) is 1.98. The maximum atomic E-state index is 8.49. The van der Waals surface area contributed by atoms with Crippen LogP contribution >= 0.6 is 0 Å². The summed E-state index contributed by atoms with van der Waals surface area (Å²) in [6.07, 6.45) is 0. The molecule has 0 bridgehead atoms. The molecule has 0 radical (unpaired) electrons.